The first-order chi connectivity index (χ1) is 13.2. The van der Waals surface area contributed by atoms with Gasteiger partial charge in [-0.3, -0.25) is 0 Å². The smallest absolute Gasteiger partial charge is 0.162 e. The van der Waals surface area contributed by atoms with Crippen molar-refractivity contribution in [2.45, 2.75) is 13.2 Å². The fourth-order valence-corrected chi connectivity index (χ4v) is 3.01. The summed E-state index contributed by atoms with van der Waals surface area (Å²) in [5.74, 6) is 1.43. The van der Waals surface area contributed by atoms with E-state index in [2.05, 4.69) is 15.1 Å². The Morgan fingerprint density at radius 3 is 2.44 bits per heavy atom. The lowest BCUT2D eigenvalue weighted by molar-refractivity contribution is 0.287. The van der Waals surface area contributed by atoms with E-state index in [1.165, 1.54) is 6.33 Å². The molecule has 4 rings (SSSR count). The van der Waals surface area contributed by atoms with Crippen molar-refractivity contribution < 1.29 is 9.47 Å². The summed E-state index contributed by atoms with van der Waals surface area (Å²) in [5.41, 5.74) is 2.47. The number of aryl methyl sites for hydroxylation is 1. The van der Waals surface area contributed by atoms with Gasteiger partial charge in [-0.05, 0) is 17.7 Å². The summed E-state index contributed by atoms with van der Waals surface area (Å²) in [6.45, 7) is 0.759. The molecule has 27 heavy (non-hydrogen) atoms. The molecule has 2 heterocycles. The molecule has 136 valence electrons. The van der Waals surface area contributed by atoms with Crippen molar-refractivity contribution in [3.8, 4) is 11.5 Å². The normalized spacial score (nSPS) is 10.9. The van der Waals surface area contributed by atoms with Crippen molar-refractivity contribution in [3.63, 3.8) is 0 Å². The molecule has 0 N–H and O–H groups in total. The highest BCUT2D eigenvalue weighted by atomic mass is 35.5. The van der Waals surface area contributed by atoms with Crippen molar-refractivity contribution in [1.29, 1.82) is 0 Å². The number of ether oxygens (including phenoxy) is 2. The largest absolute Gasteiger partial charge is 0.489 e. The number of hydrogen-bond acceptors (Lipinski definition) is 5. The molecule has 2 aromatic heterocycles. The van der Waals surface area contributed by atoms with E-state index in [9.17, 15) is 0 Å². The van der Waals surface area contributed by atoms with Gasteiger partial charge in [-0.15, -0.1) is 0 Å². The van der Waals surface area contributed by atoms with Gasteiger partial charge in [0.1, 0.15) is 41.9 Å². The summed E-state index contributed by atoms with van der Waals surface area (Å²) >= 11 is 6.20. The van der Waals surface area contributed by atoms with Crippen LogP contribution in [0, 0.1) is 0 Å². The van der Waals surface area contributed by atoms with E-state index in [1.807, 2.05) is 61.6 Å². The van der Waals surface area contributed by atoms with Crippen LogP contribution in [0.1, 0.15) is 11.3 Å². The molecule has 0 radical (unpaired) electrons. The van der Waals surface area contributed by atoms with Gasteiger partial charge in [0.2, 0.25) is 0 Å². The van der Waals surface area contributed by atoms with Crippen molar-refractivity contribution in [2.24, 2.45) is 7.05 Å². The van der Waals surface area contributed by atoms with Gasteiger partial charge < -0.3 is 9.47 Å². The molecular weight excluding hydrogens is 364 g/mol. The molecule has 7 heteroatoms. The molecule has 0 aliphatic rings. The fraction of sp³-hybridized carbons (Fsp3) is 0.150. The van der Waals surface area contributed by atoms with Crippen LogP contribution in [0.15, 0.2) is 60.9 Å². The van der Waals surface area contributed by atoms with Gasteiger partial charge in [0.15, 0.2) is 5.65 Å². The van der Waals surface area contributed by atoms with Gasteiger partial charge >= 0.3 is 0 Å². The highest BCUT2D eigenvalue weighted by Gasteiger charge is 2.14. The standard InChI is InChI=1S/C20H17ClN4O2/c1-25-20-18(19(21)22-13-23-20)17(24-25)12-27-16-9-5-8-15(10-16)26-11-14-6-3-2-4-7-14/h2-10,13H,11-12H2,1H3. The molecule has 0 bridgehead atoms. The van der Waals surface area contributed by atoms with E-state index in [4.69, 9.17) is 21.1 Å². The summed E-state index contributed by atoms with van der Waals surface area (Å²) in [6, 6.07) is 17.5. The predicted molar refractivity (Wildman–Crippen MR) is 103 cm³/mol. The monoisotopic (exact) mass is 380 g/mol. The van der Waals surface area contributed by atoms with Gasteiger partial charge in [0.05, 0.1) is 5.39 Å². The van der Waals surface area contributed by atoms with Crippen molar-refractivity contribution >= 4 is 22.6 Å². The highest BCUT2D eigenvalue weighted by Crippen LogP contribution is 2.25. The first-order valence-electron chi connectivity index (χ1n) is 8.42. The number of benzene rings is 2. The zero-order valence-corrected chi connectivity index (χ0v) is 15.4. The molecule has 0 aliphatic heterocycles. The Morgan fingerprint density at radius 2 is 1.67 bits per heavy atom. The van der Waals surface area contributed by atoms with E-state index in [0.717, 1.165) is 11.3 Å². The number of fused-ring (bicyclic) bond motifs is 1. The Balaban J connectivity index is 1.46. The minimum atomic E-state index is 0.257. The molecule has 0 saturated heterocycles. The maximum Gasteiger partial charge on any atom is 0.162 e. The van der Waals surface area contributed by atoms with Gasteiger partial charge in [0.25, 0.3) is 0 Å². The van der Waals surface area contributed by atoms with Crippen LogP contribution in [0.4, 0.5) is 0 Å². The molecule has 0 fully saturated rings. The number of rotatable bonds is 6. The summed E-state index contributed by atoms with van der Waals surface area (Å²) in [5, 5.41) is 5.51. The van der Waals surface area contributed by atoms with Crippen LogP contribution in [0.3, 0.4) is 0 Å². The summed E-state index contributed by atoms with van der Waals surface area (Å²) in [7, 11) is 1.81. The topological polar surface area (TPSA) is 62.1 Å². The second-order valence-electron chi connectivity index (χ2n) is 5.97. The second kappa shape index (κ2) is 7.63. The Bertz CT molecular complexity index is 1070. The number of nitrogens with zero attached hydrogens (tertiary/aromatic N) is 4. The SMILES string of the molecule is Cn1nc(COc2cccc(OCc3ccccc3)c2)c2c(Cl)ncnc21. The Labute approximate surface area is 161 Å². The molecule has 0 saturated carbocycles. The van der Waals surface area contributed by atoms with Crippen LogP contribution in [-0.4, -0.2) is 19.7 Å². The van der Waals surface area contributed by atoms with Crippen LogP contribution in [0.5, 0.6) is 11.5 Å². The van der Waals surface area contributed by atoms with Gasteiger partial charge in [-0.25, -0.2) is 14.6 Å². The van der Waals surface area contributed by atoms with Crippen LogP contribution in [0.25, 0.3) is 11.0 Å². The van der Waals surface area contributed by atoms with E-state index >= 15 is 0 Å². The summed E-state index contributed by atoms with van der Waals surface area (Å²) < 4.78 is 13.4. The summed E-state index contributed by atoms with van der Waals surface area (Å²) in [4.78, 5) is 8.24. The Morgan fingerprint density at radius 1 is 0.926 bits per heavy atom. The quantitative estimate of drug-likeness (QED) is 0.470. The third-order valence-corrected chi connectivity index (χ3v) is 4.36. The van der Waals surface area contributed by atoms with Crippen molar-refractivity contribution in [2.75, 3.05) is 0 Å². The van der Waals surface area contributed by atoms with E-state index in [-0.39, 0.29) is 6.61 Å². The summed E-state index contributed by atoms with van der Waals surface area (Å²) in [6.07, 6.45) is 1.42. The van der Waals surface area contributed by atoms with Crippen LogP contribution >= 0.6 is 11.6 Å². The second-order valence-corrected chi connectivity index (χ2v) is 6.33. The predicted octanol–water partition coefficient (Wildman–Crippen LogP) is 4.17. The van der Waals surface area contributed by atoms with Gasteiger partial charge in [0, 0.05) is 13.1 Å². The first-order valence-corrected chi connectivity index (χ1v) is 8.80. The minimum Gasteiger partial charge on any atom is -0.489 e. The lowest BCUT2D eigenvalue weighted by atomic mass is 10.2. The lowest BCUT2D eigenvalue weighted by Gasteiger charge is -2.09. The van der Waals surface area contributed by atoms with E-state index in [0.29, 0.717) is 34.2 Å². The zero-order valence-electron chi connectivity index (χ0n) is 14.7. The van der Waals surface area contributed by atoms with Crippen molar-refractivity contribution in [3.05, 3.63) is 77.3 Å². The molecule has 6 nitrogen and oxygen atoms in total. The molecule has 0 unspecified atom stereocenters. The Hall–Kier alpha value is -3.12. The minimum absolute atomic E-state index is 0.257. The fourth-order valence-electron chi connectivity index (χ4n) is 2.77. The molecular formula is C20H17ClN4O2. The average Bonchev–Trinajstić information content (AvgIpc) is 3.03. The van der Waals surface area contributed by atoms with E-state index in [1.54, 1.807) is 4.68 Å². The van der Waals surface area contributed by atoms with Crippen LogP contribution in [0.2, 0.25) is 5.15 Å². The third-order valence-electron chi connectivity index (χ3n) is 4.08. The molecule has 4 aromatic rings. The maximum absolute atomic E-state index is 6.20. The lowest BCUT2D eigenvalue weighted by Crippen LogP contribution is -1.99. The van der Waals surface area contributed by atoms with Gasteiger partial charge in [-0.2, -0.15) is 5.10 Å². The number of hydrogen-bond donors (Lipinski definition) is 0. The molecule has 0 spiro atoms. The van der Waals surface area contributed by atoms with Crippen LogP contribution < -0.4 is 9.47 Å². The number of halogens is 1. The molecule has 0 atom stereocenters. The molecule has 2 aromatic carbocycles. The third kappa shape index (κ3) is 3.85. The molecule has 0 amide bonds. The Kier molecular flexibility index (Phi) is 4.89. The van der Waals surface area contributed by atoms with Gasteiger partial charge in [-0.1, -0.05) is 48.0 Å². The molecule has 0 aliphatic carbocycles. The van der Waals surface area contributed by atoms with E-state index < -0.39 is 0 Å². The first kappa shape index (κ1) is 17.3. The van der Waals surface area contributed by atoms with Crippen molar-refractivity contribution in [1.82, 2.24) is 19.7 Å². The average molecular weight is 381 g/mol. The highest BCUT2D eigenvalue weighted by molar-refractivity contribution is 6.34. The number of aromatic nitrogens is 4. The maximum atomic E-state index is 6.20. The van der Waals surface area contributed by atoms with Crippen LogP contribution in [-0.2, 0) is 20.3 Å². The zero-order chi connectivity index (χ0) is 18.6.